The van der Waals surface area contributed by atoms with Gasteiger partial charge in [-0.15, -0.1) is 0 Å². The quantitative estimate of drug-likeness (QED) is 0.751. The molecule has 0 aromatic carbocycles. The molecule has 0 unspecified atom stereocenters. The van der Waals surface area contributed by atoms with Gasteiger partial charge >= 0.3 is 0 Å². The van der Waals surface area contributed by atoms with Crippen LogP contribution in [0.2, 0.25) is 0 Å². The molecule has 1 aliphatic heterocycles. The summed E-state index contributed by atoms with van der Waals surface area (Å²) >= 11 is 0. The Kier molecular flexibility index (Phi) is 8.21. The number of hydrogen-bond donors (Lipinski definition) is 1. The summed E-state index contributed by atoms with van der Waals surface area (Å²) < 4.78 is 9.99. The van der Waals surface area contributed by atoms with Crippen LogP contribution in [0.5, 0.6) is 0 Å². The Morgan fingerprint density at radius 1 is 1.31 bits per heavy atom. The van der Waals surface area contributed by atoms with E-state index in [1.807, 2.05) is 20.8 Å². The summed E-state index contributed by atoms with van der Waals surface area (Å²) in [5.41, 5.74) is -0.318. The van der Waals surface area contributed by atoms with Crippen LogP contribution in [0.4, 0.5) is 0 Å². The van der Waals surface area contributed by atoms with Crippen molar-refractivity contribution in [3.63, 3.8) is 0 Å². The van der Waals surface area contributed by atoms with Gasteiger partial charge in [0.1, 0.15) is 5.60 Å². The highest BCUT2D eigenvalue weighted by Crippen LogP contribution is 2.05. The van der Waals surface area contributed by atoms with E-state index in [0.29, 0.717) is 12.6 Å². The van der Waals surface area contributed by atoms with E-state index in [4.69, 9.17) is 4.74 Å². The molecule has 96 valence electrons. The van der Waals surface area contributed by atoms with Crippen LogP contribution in [-0.4, -0.2) is 37.9 Å². The first-order chi connectivity index (χ1) is 7.49. The minimum atomic E-state index is -0.318. The third-order valence-corrected chi connectivity index (χ3v) is 2.09. The number of carbonyl (C=O) groups is 1. The van der Waals surface area contributed by atoms with E-state index in [1.54, 1.807) is 0 Å². The number of rotatable bonds is 3. The average Bonchev–Trinajstić information content (AvgIpc) is 2.19. The Morgan fingerprint density at radius 3 is 2.19 bits per heavy atom. The van der Waals surface area contributed by atoms with Gasteiger partial charge in [-0.3, -0.25) is 4.79 Å². The first-order valence-electron chi connectivity index (χ1n) is 5.93. The van der Waals surface area contributed by atoms with E-state index in [0.717, 1.165) is 19.7 Å². The summed E-state index contributed by atoms with van der Waals surface area (Å²) in [6, 6.07) is 0. The van der Waals surface area contributed by atoms with Crippen molar-refractivity contribution in [2.45, 2.75) is 52.2 Å². The van der Waals surface area contributed by atoms with Crippen LogP contribution in [0.1, 0.15) is 40.5 Å². The molecule has 0 bridgehead atoms. The smallest absolute Gasteiger partial charge is 0.293 e. The fourth-order valence-electron chi connectivity index (χ4n) is 1.34. The molecule has 0 radical (unpaired) electrons. The van der Waals surface area contributed by atoms with Gasteiger partial charge in [-0.2, -0.15) is 0 Å². The lowest BCUT2D eigenvalue weighted by atomic mass is 10.1. The fourth-order valence-corrected chi connectivity index (χ4v) is 1.34. The van der Waals surface area contributed by atoms with Crippen molar-refractivity contribution in [3.8, 4) is 0 Å². The van der Waals surface area contributed by atoms with Crippen molar-refractivity contribution in [3.05, 3.63) is 0 Å². The lowest BCUT2D eigenvalue weighted by molar-refractivity contribution is -0.138. The van der Waals surface area contributed by atoms with Gasteiger partial charge < -0.3 is 14.8 Å². The van der Waals surface area contributed by atoms with Crippen LogP contribution >= 0.6 is 0 Å². The molecule has 0 aliphatic carbocycles. The molecule has 0 saturated carbocycles. The summed E-state index contributed by atoms with van der Waals surface area (Å²) in [4.78, 5) is 9.60. The van der Waals surface area contributed by atoms with Gasteiger partial charge in [0.2, 0.25) is 0 Å². The largest absolute Gasteiger partial charge is 0.462 e. The first kappa shape index (κ1) is 15.4. The van der Waals surface area contributed by atoms with E-state index in [1.165, 1.54) is 12.8 Å². The predicted molar refractivity (Wildman–Crippen MR) is 64.4 cm³/mol. The maximum atomic E-state index is 9.60. The van der Waals surface area contributed by atoms with Gasteiger partial charge in [0.15, 0.2) is 0 Å². The molecule has 0 aromatic rings. The minimum absolute atomic E-state index is 0.318. The summed E-state index contributed by atoms with van der Waals surface area (Å²) in [5, 5.41) is 3.29. The summed E-state index contributed by atoms with van der Waals surface area (Å²) in [5.74, 6) is 0. The Hall–Kier alpha value is -0.610. The Labute approximate surface area is 98.7 Å². The molecular weight excluding hydrogens is 206 g/mol. The van der Waals surface area contributed by atoms with Crippen LogP contribution in [0.3, 0.4) is 0 Å². The highest BCUT2D eigenvalue weighted by molar-refractivity contribution is 5.37. The zero-order valence-corrected chi connectivity index (χ0v) is 10.9. The highest BCUT2D eigenvalue weighted by Gasteiger charge is 2.11. The standard InChI is InChI=1S/C7H15NO.C5H10O2/c1-2-9-7-3-5-8-6-4-7;1-5(2,3)7-4-6/h7-8H,2-6H2,1H3;4H,1-3H3. The third-order valence-electron chi connectivity index (χ3n) is 2.09. The van der Waals surface area contributed by atoms with Crippen molar-refractivity contribution in [1.29, 1.82) is 0 Å². The van der Waals surface area contributed by atoms with Gasteiger partial charge in [0, 0.05) is 6.61 Å². The lowest BCUT2D eigenvalue weighted by Crippen LogP contribution is -2.32. The van der Waals surface area contributed by atoms with Crippen molar-refractivity contribution in [1.82, 2.24) is 5.32 Å². The molecule has 1 N–H and O–H groups in total. The fraction of sp³-hybridized carbons (Fsp3) is 0.917. The number of ether oxygens (including phenoxy) is 2. The molecule has 1 fully saturated rings. The molecular formula is C12H25NO3. The van der Waals surface area contributed by atoms with Crippen LogP contribution < -0.4 is 5.32 Å². The van der Waals surface area contributed by atoms with Crippen molar-refractivity contribution >= 4 is 6.47 Å². The first-order valence-corrected chi connectivity index (χ1v) is 5.93. The van der Waals surface area contributed by atoms with Crippen molar-refractivity contribution < 1.29 is 14.3 Å². The van der Waals surface area contributed by atoms with Crippen molar-refractivity contribution in [2.24, 2.45) is 0 Å². The van der Waals surface area contributed by atoms with Gasteiger partial charge in [0.25, 0.3) is 6.47 Å². The maximum absolute atomic E-state index is 9.60. The second-order valence-corrected chi connectivity index (χ2v) is 4.73. The zero-order valence-electron chi connectivity index (χ0n) is 10.9. The zero-order chi connectivity index (χ0) is 12.4. The molecule has 1 heterocycles. The monoisotopic (exact) mass is 231 g/mol. The topological polar surface area (TPSA) is 47.6 Å². The summed E-state index contributed by atoms with van der Waals surface area (Å²) in [7, 11) is 0. The second kappa shape index (κ2) is 8.53. The molecule has 0 amide bonds. The van der Waals surface area contributed by atoms with E-state index >= 15 is 0 Å². The minimum Gasteiger partial charge on any atom is -0.462 e. The number of nitrogens with one attached hydrogen (secondary N) is 1. The molecule has 4 nitrogen and oxygen atoms in total. The van der Waals surface area contributed by atoms with E-state index in [-0.39, 0.29) is 5.60 Å². The van der Waals surface area contributed by atoms with Gasteiger partial charge in [-0.05, 0) is 53.6 Å². The summed E-state index contributed by atoms with van der Waals surface area (Å²) in [6.45, 7) is 11.1. The molecule has 0 atom stereocenters. The second-order valence-electron chi connectivity index (χ2n) is 4.73. The third kappa shape index (κ3) is 9.93. The van der Waals surface area contributed by atoms with Crippen LogP contribution in [0.25, 0.3) is 0 Å². The molecule has 4 heteroatoms. The number of carbonyl (C=O) groups excluding carboxylic acids is 1. The lowest BCUT2D eigenvalue weighted by Gasteiger charge is -2.21. The molecule has 1 saturated heterocycles. The van der Waals surface area contributed by atoms with Crippen molar-refractivity contribution in [2.75, 3.05) is 19.7 Å². The van der Waals surface area contributed by atoms with E-state index < -0.39 is 0 Å². The average molecular weight is 231 g/mol. The predicted octanol–water partition coefficient (Wildman–Crippen LogP) is 1.73. The Balaban J connectivity index is 0.000000293. The molecule has 1 aliphatic rings. The molecule has 1 rings (SSSR count). The Morgan fingerprint density at radius 2 is 1.88 bits per heavy atom. The highest BCUT2D eigenvalue weighted by atomic mass is 16.5. The van der Waals surface area contributed by atoms with Gasteiger partial charge in [-0.25, -0.2) is 0 Å². The van der Waals surface area contributed by atoms with Crippen LogP contribution in [-0.2, 0) is 14.3 Å². The molecule has 16 heavy (non-hydrogen) atoms. The number of piperidine rings is 1. The SMILES string of the molecule is CC(C)(C)OC=O.CCOC1CCNCC1. The van der Waals surface area contributed by atoms with Gasteiger partial charge in [0.05, 0.1) is 6.10 Å². The summed E-state index contributed by atoms with van der Waals surface area (Å²) in [6.07, 6.45) is 2.91. The normalized spacial score (nSPS) is 17.2. The van der Waals surface area contributed by atoms with Crippen LogP contribution in [0.15, 0.2) is 0 Å². The molecule has 0 spiro atoms. The van der Waals surface area contributed by atoms with Gasteiger partial charge in [-0.1, -0.05) is 0 Å². The van der Waals surface area contributed by atoms with E-state index in [9.17, 15) is 4.79 Å². The molecule has 0 aromatic heterocycles. The Bertz CT molecular complexity index is 169. The number of hydrogen-bond acceptors (Lipinski definition) is 4. The maximum Gasteiger partial charge on any atom is 0.293 e. The van der Waals surface area contributed by atoms with E-state index in [2.05, 4.69) is 17.0 Å². The van der Waals surface area contributed by atoms with Crippen LogP contribution in [0, 0.1) is 0 Å².